The predicted molar refractivity (Wildman–Crippen MR) is 131 cm³/mol. The van der Waals surface area contributed by atoms with Crippen LogP contribution in [0.2, 0.25) is 0 Å². The average molecular weight is 431 g/mol. The van der Waals surface area contributed by atoms with Gasteiger partial charge in [-0.25, -0.2) is 0 Å². The van der Waals surface area contributed by atoms with E-state index in [1.807, 2.05) is 68.7 Å². The lowest BCUT2D eigenvalue weighted by molar-refractivity contribution is -0.135. The van der Waals surface area contributed by atoms with E-state index in [4.69, 9.17) is 0 Å². The number of amides is 1. The van der Waals surface area contributed by atoms with E-state index in [0.29, 0.717) is 12.8 Å². The smallest absolute Gasteiger partial charge is 0.233 e. The van der Waals surface area contributed by atoms with Gasteiger partial charge in [-0.2, -0.15) is 0 Å². The molecule has 0 spiro atoms. The summed E-state index contributed by atoms with van der Waals surface area (Å²) in [5, 5.41) is 10.5. The standard InChI is InChI=1S/C28H34N2O2/c1-4-30(22-23-13-7-5-8-14-23)20-19-28(27(32)29(2)3,25-16-9-6-10-17-25)21-24-15-11-12-18-26(24)31/h5-18,31H,4,19-22H2,1-3H3. The molecule has 0 aromatic heterocycles. The van der Waals surface area contributed by atoms with E-state index in [-0.39, 0.29) is 11.7 Å². The molecule has 4 heteroatoms. The Bertz CT molecular complexity index is 989. The van der Waals surface area contributed by atoms with Gasteiger partial charge in [0.2, 0.25) is 5.91 Å². The van der Waals surface area contributed by atoms with Crippen molar-refractivity contribution in [3.8, 4) is 5.75 Å². The Balaban J connectivity index is 1.98. The van der Waals surface area contributed by atoms with E-state index < -0.39 is 5.41 Å². The molecule has 0 radical (unpaired) electrons. The first-order valence-electron chi connectivity index (χ1n) is 11.3. The second-order valence-electron chi connectivity index (χ2n) is 8.56. The fraction of sp³-hybridized carbons (Fsp3) is 0.321. The zero-order valence-corrected chi connectivity index (χ0v) is 19.4. The molecular formula is C28H34N2O2. The van der Waals surface area contributed by atoms with Crippen molar-refractivity contribution in [3.63, 3.8) is 0 Å². The van der Waals surface area contributed by atoms with Gasteiger partial charge in [-0.15, -0.1) is 0 Å². The number of para-hydroxylation sites is 1. The number of phenolic OH excluding ortho intramolecular Hbond substituents is 1. The van der Waals surface area contributed by atoms with Gasteiger partial charge in [0.1, 0.15) is 5.75 Å². The molecular weight excluding hydrogens is 396 g/mol. The van der Waals surface area contributed by atoms with E-state index in [1.165, 1.54) is 5.56 Å². The van der Waals surface area contributed by atoms with Gasteiger partial charge in [-0.3, -0.25) is 9.69 Å². The molecule has 0 bridgehead atoms. The highest BCUT2D eigenvalue weighted by atomic mass is 16.3. The van der Waals surface area contributed by atoms with Crippen LogP contribution in [0.25, 0.3) is 0 Å². The van der Waals surface area contributed by atoms with Gasteiger partial charge in [0, 0.05) is 20.6 Å². The fourth-order valence-electron chi connectivity index (χ4n) is 4.35. The molecule has 3 aromatic carbocycles. The van der Waals surface area contributed by atoms with E-state index in [1.54, 1.807) is 11.0 Å². The molecule has 0 saturated heterocycles. The highest BCUT2D eigenvalue weighted by molar-refractivity contribution is 5.88. The van der Waals surface area contributed by atoms with Gasteiger partial charge >= 0.3 is 0 Å². The molecule has 0 aliphatic rings. The first-order chi connectivity index (χ1) is 15.5. The average Bonchev–Trinajstić information content (AvgIpc) is 2.82. The minimum Gasteiger partial charge on any atom is -0.508 e. The zero-order chi connectivity index (χ0) is 23.0. The number of carbonyl (C=O) groups is 1. The summed E-state index contributed by atoms with van der Waals surface area (Å²) in [6.07, 6.45) is 1.10. The molecule has 0 saturated carbocycles. The highest BCUT2D eigenvalue weighted by Gasteiger charge is 2.41. The molecule has 32 heavy (non-hydrogen) atoms. The minimum atomic E-state index is -0.770. The first kappa shape index (κ1) is 23.6. The van der Waals surface area contributed by atoms with E-state index >= 15 is 0 Å². The summed E-state index contributed by atoms with van der Waals surface area (Å²) in [4.78, 5) is 17.8. The largest absolute Gasteiger partial charge is 0.508 e. The molecule has 0 aliphatic carbocycles. The normalized spacial score (nSPS) is 13.0. The van der Waals surface area contributed by atoms with Crippen LogP contribution in [0.3, 0.4) is 0 Å². The Morgan fingerprint density at radius 2 is 1.47 bits per heavy atom. The van der Waals surface area contributed by atoms with Crippen molar-refractivity contribution >= 4 is 5.91 Å². The van der Waals surface area contributed by atoms with Crippen LogP contribution in [-0.2, 0) is 23.2 Å². The highest BCUT2D eigenvalue weighted by Crippen LogP contribution is 2.36. The summed E-state index contributed by atoms with van der Waals surface area (Å²) in [6, 6.07) is 27.8. The van der Waals surface area contributed by atoms with Gasteiger partial charge in [0.15, 0.2) is 0 Å². The predicted octanol–water partition coefficient (Wildman–Crippen LogP) is 4.87. The van der Waals surface area contributed by atoms with Crippen molar-refractivity contribution in [1.29, 1.82) is 0 Å². The first-order valence-corrected chi connectivity index (χ1v) is 11.3. The molecule has 1 amide bonds. The van der Waals surface area contributed by atoms with Crippen LogP contribution in [0.4, 0.5) is 0 Å². The molecule has 3 rings (SSSR count). The number of hydrogen-bond acceptors (Lipinski definition) is 3. The van der Waals surface area contributed by atoms with Crippen LogP contribution >= 0.6 is 0 Å². The number of rotatable bonds is 10. The summed E-state index contributed by atoms with van der Waals surface area (Å²) in [5.74, 6) is 0.290. The number of benzene rings is 3. The SMILES string of the molecule is CCN(CCC(Cc1ccccc1O)(C(=O)N(C)C)c1ccccc1)Cc1ccccc1. The van der Waals surface area contributed by atoms with Crippen molar-refractivity contribution < 1.29 is 9.90 Å². The Morgan fingerprint density at radius 1 is 0.875 bits per heavy atom. The van der Waals surface area contributed by atoms with Crippen molar-refractivity contribution in [1.82, 2.24) is 9.80 Å². The van der Waals surface area contributed by atoms with Crippen LogP contribution in [0, 0.1) is 0 Å². The lowest BCUT2D eigenvalue weighted by atomic mass is 9.71. The van der Waals surface area contributed by atoms with Crippen molar-refractivity contribution in [3.05, 3.63) is 102 Å². The maximum Gasteiger partial charge on any atom is 0.233 e. The van der Waals surface area contributed by atoms with Gasteiger partial charge in [0.05, 0.1) is 5.41 Å². The fourth-order valence-corrected chi connectivity index (χ4v) is 4.35. The van der Waals surface area contributed by atoms with Crippen LogP contribution < -0.4 is 0 Å². The third-order valence-electron chi connectivity index (χ3n) is 6.18. The zero-order valence-electron chi connectivity index (χ0n) is 19.4. The lowest BCUT2D eigenvalue weighted by Crippen LogP contribution is -2.47. The third-order valence-corrected chi connectivity index (χ3v) is 6.18. The molecule has 0 heterocycles. The van der Waals surface area contributed by atoms with E-state index in [9.17, 15) is 9.90 Å². The molecule has 168 valence electrons. The number of nitrogens with zero attached hydrogens (tertiary/aromatic N) is 2. The number of hydrogen-bond donors (Lipinski definition) is 1. The second kappa shape index (κ2) is 11.0. The van der Waals surface area contributed by atoms with Gasteiger partial charge in [0.25, 0.3) is 0 Å². The van der Waals surface area contributed by atoms with E-state index in [0.717, 1.165) is 30.8 Å². The number of carbonyl (C=O) groups excluding carboxylic acids is 1. The van der Waals surface area contributed by atoms with Crippen molar-refractivity contribution in [2.75, 3.05) is 27.2 Å². The molecule has 0 fully saturated rings. The van der Waals surface area contributed by atoms with Gasteiger partial charge < -0.3 is 10.0 Å². The number of aromatic hydroxyl groups is 1. The molecule has 1 atom stereocenters. The van der Waals surface area contributed by atoms with E-state index in [2.05, 4.69) is 36.1 Å². The molecule has 1 unspecified atom stereocenters. The summed E-state index contributed by atoms with van der Waals surface area (Å²) in [5.41, 5.74) is 2.27. The summed E-state index contributed by atoms with van der Waals surface area (Å²) >= 11 is 0. The maximum atomic E-state index is 13.8. The van der Waals surface area contributed by atoms with Crippen molar-refractivity contribution in [2.24, 2.45) is 0 Å². The lowest BCUT2D eigenvalue weighted by Gasteiger charge is -2.37. The number of phenols is 1. The van der Waals surface area contributed by atoms with Crippen molar-refractivity contribution in [2.45, 2.75) is 31.7 Å². The van der Waals surface area contributed by atoms with Gasteiger partial charge in [-0.1, -0.05) is 85.8 Å². The Morgan fingerprint density at radius 3 is 2.06 bits per heavy atom. The van der Waals surface area contributed by atoms with Crippen LogP contribution in [-0.4, -0.2) is 48.0 Å². The maximum absolute atomic E-state index is 13.8. The Hall–Kier alpha value is -3.11. The Labute approximate surface area is 192 Å². The third kappa shape index (κ3) is 5.57. The van der Waals surface area contributed by atoms with Crippen LogP contribution in [0.1, 0.15) is 30.0 Å². The monoisotopic (exact) mass is 430 g/mol. The summed E-state index contributed by atoms with van der Waals surface area (Å²) in [6.45, 7) is 4.67. The van der Waals surface area contributed by atoms with Crippen LogP contribution in [0.5, 0.6) is 5.75 Å². The topological polar surface area (TPSA) is 43.8 Å². The summed E-state index contributed by atoms with van der Waals surface area (Å²) < 4.78 is 0. The summed E-state index contributed by atoms with van der Waals surface area (Å²) in [7, 11) is 3.62. The second-order valence-corrected chi connectivity index (χ2v) is 8.56. The van der Waals surface area contributed by atoms with Gasteiger partial charge in [-0.05, 0) is 48.7 Å². The number of likely N-dealkylation sites (N-methyl/N-ethyl adjacent to an activating group) is 1. The molecule has 3 aromatic rings. The molecule has 1 N–H and O–H groups in total. The quantitative estimate of drug-likeness (QED) is 0.499. The molecule has 0 aliphatic heterocycles. The Kier molecular flexibility index (Phi) is 8.07. The molecule has 4 nitrogen and oxygen atoms in total. The minimum absolute atomic E-state index is 0.0581. The van der Waals surface area contributed by atoms with Crippen LogP contribution in [0.15, 0.2) is 84.9 Å².